The van der Waals surface area contributed by atoms with E-state index in [1.165, 1.54) is 22.3 Å². The summed E-state index contributed by atoms with van der Waals surface area (Å²) in [6, 6.07) is 15.5. The van der Waals surface area contributed by atoms with Crippen LogP contribution in [0.1, 0.15) is 38.3 Å². The molecular weight excluding hydrogens is 296 g/mol. The molecule has 1 N–H and O–H groups in total. The Kier molecular flexibility index (Phi) is 5.00. The molecule has 0 unspecified atom stereocenters. The Bertz CT molecular complexity index is 721. The van der Waals surface area contributed by atoms with E-state index in [4.69, 9.17) is 0 Å². The smallest absolute Gasteiger partial charge is 0.224 e. The summed E-state index contributed by atoms with van der Waals surface area (Å²) in [5.74, 6) is 0.129. The zero-order valence-corrected chi connectivity index (χ0v) is 14.8. The van der Waals surface area contributed by atoms with Crippen LogP contribution >= 0.6 is 0 Å². The Labute approximate surface area is 144 Å². The Balaban J connectivity index is 1.87. The summed E-state index contributed by atoms with van der Waals surface area (Å²) < 4.78 is 0. The van der Waals surface area contributed by atoms with Gasteiger partial charge in [0.05, 0.1) is 0 Å². The van der Waals surface area contributed by atoms with Crippen molar-refractivity contribution in [3.63, 3.8) is 0 Å². The summed E-state index contributed by atoms with van der Waals surface area (Å²) in [5.41, 5.74) is 6.11. The second-order valence-electron chi connectivity index (χ2n) is 6.60. The van der Waals surface area contributed by atoms with Crippen LogP contribution in [-0.2, 0) is 17.8 Å². The molecule has 0 spiro atoms. The molecule has 0 saturated heterocycles. The first-order chi connectivity index (χ1) is 11.6. The van der Waals surface area contributed by atoms with Crippen LogP contribution in [0.4, 0.5) is 5.69 Å². The van der Waals surface area contributed by atoms with Crippen molar-refractivity contribution in [2.75, 3.05) is 11.4 Å². The molecule has 1 atom stereocenters. The summed E-state index contributed by atoms with van der Waals surface area (Å²) in [4.78, 5) is 13.9. The molecule has 3 rings (SSSR count). The maximum Gasteiger partial charge on any atom is 0.224 e. The third kappa shape index (κ3) is 3.36. The number of aryl methyl sites for hydroxylation is 1. The monoisotopic (exact) mass is 322 g/mol. The van der Waals surface area contributed by atoms with Crippen molar-refractivity contribution < 1.29 is 4.79 Å². The zero-order valence-electron chi connectivity index (χ0n) is 14.8. The summed E-state index contributed by atoms with van der Waals surface area (Å²) in [7, 11) is 0. The van der Waals surface area contributed by atoms with Crippen molar-refractivity contribution in [2.24, 2.45) is 0 Å². The molecule has 126 valence electrons. The number of carbonyl (C=O) groups excluding carboxylic acids is 1. The fraction of sp³-hybridized carbons (Fsp3) is 0.381. The van der Waals surface area contributed by atoms with Crippen LogP contribution in [0.2, 0.25) is 0 Å². The van der Waals surface area contributed by atoms with Gasteiger partial charge in [0.2, 0.25) is 5.91 Å². The van der Waals surface area contributed by atoms with Crippen LogP contribution in [0.15, 0.2) is 42.5 Å². The molecule has 2 aromatic carbocycles. The van der Waals surface area contributed by atoms with Gasteiger partial charge >= 0.3 is 0 Å². The highest BCUT2D eigenvalue weighted by molar-refractivity contribution is 5.94. The molecule has 3 heteroatoms. The van der Waals surface area contributed by atoms with E-state index in [1.54, 1.807) is 6.92 Å². The first-order valence-electron chi connectivity index (χ1n) is 8.83. The molecule has 0 aliphatic carbocycles. The maximum atomic E-state index is 12.0. The van der Waals surface area contributed by atoms with Crippen LogP contribution in [-0.4, -0.2) is 18.5 Å². The van der Waals surface area contributed by atoms with Gasteiger partial charge < -0.3 is 10.2 Å². The number of benzene rings is 2. The average molecular weight is 322 g/mol. The van der Waals surface area contributed by atoms with E-state index in [1.807, 2.05) is 4.90 Å². The van der Waals surface area contributed by atoms with Crippen LogP contribution < -0.4 is 10.2 Å². The second kappa shape index (κ2) is 7.18. The molecule has 1 heterocycles. The summed E-state index contributed by atoms with van der Waals surface area (Å²) in [6.45, 7) is 7.79. The molecule has 0 aromatic heterocycles. The molecule has 2 aromatic rings. The molecule has 1 amide bonds. The number of hydrogen-bond donors (Lipinski definition) is 1. The van der Waals surface area contributed by atoms with Gasteiger partial charge in [0.1, 0.15) is 0 Å². The lowest BCUT2D eigenvalue weighted by atomic mass is 9.93. The molecule has 0 radical (unpaired) electrons. The molecule has 24 heavy (non-hydrogen) atoms. The van der Waals surface area contributed by atoms with E-state index in [0.29, 0.717) is 0 Å². The molecule has 1 aliphatic rings. The van der Waals surface area contributed by atoms with E-state index < -0.39 is 0 Å². The van der Waals surface area contributed by atoms with Crippen molar-refractivity contribution in [3.05, 3.63) is 53.6 Å². The molecule has 0 saturated carbocycles. The van der Waals surface area contributed by atoms with Crippen LogP contribution in [0, 0.1) is 0 Å². The van der Waals surface area contributed by atoms with Crippen molar-refractivity contribution in [1.82, 2.24) is 5.32 Å². The Morgan fingerprint density at radius 3 is 2.54 bits per heavy atom. The quantitative estimate of drug-likeness (QED) is 0.917. The van der Waals surface area contributed by atoms with Crippen molar-refractivity contribution in [2.45, 2.75) is 46.2 Å². The minimum Gasteiger partial charge on any atom is -0.313 e. The fourth-order valence-electron chi connectivity index (χ4n) is 3.50. The Morgan fingerprint density at radius 1 is 1.17 bits per heavy atom. The number of nitrogens with zero attached hydrogens (tertiary/aromatic N) is 1. The van der Waals surface area contributed by atoms with Gasteiger partial charge in [-0.05, 0) is 60.7 Å². The highest BCUT2D eigenvalue weighted by Gasteiger charge is 2.26. The number of fused-ring (bicyclic) bond motifs is 1. The predicted molar refractivity (Wildman–Crippen MR) is 100 cm³/mol. The van der Waals surface area contributed by atoms with Crippen molar-refractivity contribution >= 4 is 11.6 Å². The summed E-state index contributed by atoms with van der Waals surface area (Å²) >= 11 is 0. The van der Waals surface area contributed by atoms with Gasteiger partial charge in [0.15, 0.2) is 0 Å². The van der Waals surface area contributed by atoms with Gasteiger partial charge in [0.25, 0.3) is 0 Å². The lowest BCUT2D eigenvalue weighted by Gasteiger charge is -2.34. The number of anilines is 1. The van der Waals surface area contributed by atoms with Gasteiger partial charge in [-0.25, -0.2) is 0 Å². The standard InChI is InChI=1S/C21H26N2O/c1-4-22-14-17-6-9-18(10-7-17)19-11-12-21-20(13-19)8-5-15(2)23(21)16(3)24/h6-7,9-13,15,22H,4-5,8,14H2,1-3H3/t15-/m0/s1. The minimum atomic E-state index is 0.129. The SMILES string of the molecule is CCNCc1ccc(-c2ccc3c(c2)CC[C@H](C)N3C(C)=O)cc1. The lowest BCUT2D eigenvalue weighted by Crippen LogP contribution is -2.40. The Morgan fingerprint density at radius 2 is 1.88 bits per heavy atom. The zero-order chi connectivity index (χ0) is 17.1. The predicted octanol–water partition coefficient (Wildman–Crippen LogP) is 4.15. The lowest BCUT2D eigenvalue weighted by molar-refractivity contribution is -0.117. The summed E-state index contributed by atoms with van der Waals surface area (Å²) in [6.07, 6.45) is 2.06. The van der Waals surface area contributed by atoms with Crippen molar-refractivity contribution in [1.29, 1.82) is 0 Å². The van der Waals surface area contributed by atoms with E-state index in [9.17, 15) is 4.79 Å². The minimum absolute atomic E-state index is 0.129. The molecule has 1 aliphatic heterocycles. The molecule has 3 nitrogen and oxygen atoms in total. The summed E-state index contributed by atoms with van der Waals surface area (Å²) in [5, 5.41) is 3.35. The van der Waals surface area contributed by atoms with Gasteiger partial charge in [-0.3, -0.25) is 4.79 Å². The van der Waals surface area contributed by atoms with E-state index in [2.05, 4.69) is 61.6 Å². The normalized spacial score (nSPS) is 16.8. The van der Waals surface area contributed by atoms with E-state index in [-0.39, 0.29) is 11.9 Å². The maximum absolute atomic E-state index is 12.0. The van der Waals surface area contributed by atoms with Crippen LogP contribution in [0.3, 0.4) is 0 Å². The van der Waals surface area contributed by atoms with Gasteiger partial charge in [-0.15, -0.1) is 0 Å². The van der Waals surface area contributed by atoms with Gasteiger partial charge in [-0.2, -0.15) is 0 Å². The fourth-order valence-corrected chi connectivity index (χ4v) is 3.50. The molecule has 0 fully saturated rings. The first-order valence-corrected chi connectivity index (χ1v) is 8.83. The highest BCUT2D eigenvalue weighted by Crippen LogP contribution is 2.34. The number of carbonyl (C=O) groups is 1. The molecule has 0 bridgehead atoms. The van der Waals surface area contributed by atoms with Gasteiger partial charge in [-0.1, -0.05) is 37.3 Å². The van der Waals surface area contributed by atoms with E-state index in [0.717, 1.165) is 31.6 Å². The number of hydrogen-bond acceptors (Lipinski definition) is 2. The number of nitrogens with one attached hydrogen (secondary N) is 1. The third-order valence-electron chi connectivity index (χ3n) is 4.82. The average Bonchev–Trinajstić information content (AvgIpc) is 2.59. The molecular formula is C21H26N2O. The first kappa shape index (κ1) is 16.7. The number of amides is 1. The largest absolute Gasteiger partial charge is 0.313 e. The van der Waals surface area contributed by atoms with Crippen molar-refractivity contribution in [3.8, 4) is 11.1 Å². The van der Waals surface area contributed by atoms with Crippen LogP contribution in [0.25, 0.3) is 11.1 Å². The van der Waals surface area contributed by atoms with E-state index >= 15 is 0 Å². The number of rotatable bonds is 4. The van der Waals surface area contributed by atoms with Crippen LogP contribution in [0.5, 0.6) is 0 Å². The third-order valence-corrected chi connectivity index (χ3v) is 4.82. The Hall–Kier alpha value is -2.13. The van der Waals surface area contributed by atoms with Gasteiger partial charge in [0, 0.05) is 25.2 Å². The highest BCUT2D eigenvalue weighted by atomic mass is 16.2. The topological polar surface area (TPSA) is 32.3 Å². The second-order valence-corrected chi connectivity index (χ2v) is 6.60.